The van der Waals surface area contributed by atoms with Crippen molar-refractivity contribution in [2.24, 2.45) is 0 Å². The third-order valence-corrected chi connectivity index (χ3v) is 3.69. The fourth-order valence-corrected chi connectivity index (χ4v) is 2.52. The van der Waals surface area contributed by atoms with Gasteiger partial charge in [0.2, 0.25) is 0 Å². The highest BCUT2D eigenvalue weighted by Gasteiger charge is 2.17. The molecular weight excluding hydrogens is 334 g/mol. The van der Waals surface area contributed by atoms with Gasteiger partial charge in [-0.05, 0) is 43.3 Å². The first-order valence-corrected chi connectivity index (χ1v) is 7.37. The monoisotopic (exact) mass is 347 g/mol. The minimum Gasteiger partial charge on any atom is -0.488 e. The van der Waals surface area contributed by atoms with E-state index in [4.69, 9.17) is 9.15 Å². The van der Waals surface area contributed by atoms with Crippen LogP contribution in [0.25, 0.3) is 6.08 Å². The molecule has 0 unspecified atom stereocenters. The third-order valence-electron chi connectivity index (χ3n) is 3.20. The Morgan fingerprint density at radius 2 is 2.19 bits per heavy atom. The van der Waals surface area contributed by atoms with Crippen molar-refractivity contribution in [1.29, 1.82) is 0 Å². The van der Waals surface area contributed by atoms with E-state index in [1.165, 1.54) is 0 Å². The Labute approximate surface area is 130 Å². The van der Waals surface area contributed by atoms with Gasteiger partial charge >= 0.3 is 0 Å². The molecule has 0 fully saturated rings. The molecule has 0 atom stereocenters. The number of aryl methyl sites for hydroxylation is 1. The van der Waals surface area contributed by atoms with E-state index in [-0.39, 0.29) is 12.5 Å². The SMILES string of the molecule is Cc1ccc(CNC(=O)C2=Cc3cc(Br)ccc3OC2)o1. The molecule has 0 bridgehead atoms. The topological polar surface area (TPSA) is 51.5 Å². The van der Waals surface area contributed by atoms with E-state index in [1.807, 2.05) is 43.3 Å². The number of furan rings is 1. The maximum absolute atomic E-state index is 12.2. The molecule has 0 radical (unpaired) electrons. The Morgan fingerprint density at radius 3 is 2.95 bits per heavy atom. The van der Waals surface area contributed by atoms with Gasteiger partial charge in [-0.3, -0.25) is 4.79 Å². The summed E-state index contributed by atoms with van der Waals surface area (Å²) in [4.78, 5) is 12.2. The molecule has 5 heteroatoms. The molecule has 0 aliphatic carbocycles. The Kier molecular flexibility index (Phi) is 3.84. The number of rotatable bonds is 3. The molecule has 1 amide bonds. The van der Waals surface area contributed by atoms with Crippen molar-refractivity contribution in [3.8, 4) is 5.75 Å². The molecule has 1 aromatic carbocycles. The van der Waals surface area contributed by atoms with Crippen LogP contribution in [0.1, 0.15) is 17.1 Å². The number of carbonyl (C=O) groups is 1. The van der Waals surface area contributed by atoms with Crippen molar-refractivity contribution in [1.82, 2.24) is 5.32 Å². The van der Waals surface area contributed by atoms with Crippen LogP contribution in [0.3, 0.4) is 0 Å². The van der Waals surface area contributed by atoms with Crippen molar-refractivity contribution in [3.63, 3.8) is 0 Å². The van der Waals surface area contributed by atoms with Crippen LogP contribution in [0.2, 0.25) is 0 Å². The van der Waals surface area contributed by atoms with Crippen LogP contribution in [0.15, 0.2) is 44.8 Å². The summed E-state index contributed by atoms with van der Waals surface area (Å²) in [5.41, 5.74) is 1.50. The first kappa shape index (κ1) is 13.9. The minimum atomic E-state index is -0.144. The van der Waals surface area contributed by atoms with Gasteiger partial charge in [-0.1, -0.05) is 15.9 Å². The Bertz CT molecular complexity index is 718. The van der Waals surface area contributed by atoms with E-state index >= 15 is 0 Å². The van der Waals surface area contributed by atoms with Gasteiger partial charge in [0.25, 0.3) is 5.91 Å². The molecule has 0 saturated carbocycles. The summed E-state index contributed by atoms with van der Waals surface area (Å²) in [5, 5.41) is 2.83. The zero-order valence-corrected chi connectivity index (χ0v) is 13.1. The lowest BCUT2D eigenvalue weighted by Gasteiger charge is -2.17. The average molecular weight is 348 g/mol. The van der Waals surface area contributed by atoms with Gasteiger partial charge in [0.05, 0.1) is 12.1 Å². The molecule has 1 aliphatic heterocycles. The Hall–Kier alpha value is -2.01. The molecule has 1 aliphatic rings. The van der Waals surface area contributed by atoms with Crippen LogP contribution in [-0.4, -0.2) is 12.5 Å². The second-order valence-electron chi connectivity index (χ2n) is 4.84. The highest BCUT2D eigenvalue weighted by molar-refractivity contribution is 9.10. The van der Waals surface area contributed by atoms with Crippen molar-refractivity contribution in [2.75, 3.05) is 6.61 Å². The number of fused-ring (bicyclic) bond motifs is 1. The summed E-state index contributed by atoms with van der Waals surface area (Å²) >= 11 is 3.41. The second kappa shape index (κ2) is 5.77. The van der Waals surface area contributed by atoms with Crippen LogP contribution >= 0.6 is 15.9 Å². The number of hydrogen-bond acceptors (Lipinski definition) is 3. The first-order chi connectivity index (χ1) is 10.1. The van der Waals surface area contributed by atoms with Crippen molar-refractivity contribution >= 4 is 27.9 Å². The molecule has 0 saturated heterocycles. The molecule has 2 aromatic rings. The van der Waals surface area contributed by atoms with Gasteiger partial charge in [0.15, 0.2) is 0 Å². The quantitative estimate of drug-likeness (QED) is 0.925. The second-order valence-corrected chi connectivity index (χ2v) is 5.75. The average Bonchev–Trinajstić information content (AvgIpc) is 2.89. The van der Waals surface area contributed by atoms with E-state index in [0.717, 1.165) is 27.3 Å². The van der Waals surface area contributed by atoms with Gasteiger partial charge in [0, 0.05) is 10.0 Å². The maximum atomic E-state index is 12.2. The normalized spacial score (nSPS) is 13.1. The van der Waals surface area contributed by atoms with Crippen LogP contribution in [0.5, 0.6) is 5.75 Å². The van der Waals surface area contributed by atoms with Crippen LogP contribution in [0, 0.1) is 6.92 Å². The zero-order valence-electron chi connectivity index (χ0n) is 11.5. The standard InChI is InChI=1S/C16H14BrNO3/c1-10-2-4-14(21-10)8-18-16(19)12-6-11-7-13(17)3-5-15(11)20-9-12/h2-7H,8-9H2,1H3,(H,18,19). The zero-order chi connectivity index (χ0) is 14.8. The predicted octanol–water partition coefficient (Wildman–Crippen LogP) is 3.44. The minimum absolute atomic E-state index is 0.144. The lowest BCUT2D eigenvalue weighted by atomic mass is 10.1. The number of halogens is 1. The summed E-state index contributed by atoms with van der Waals surface area (Å²) in [5.74, 6) is 2.21. The van der Waals surface area contributed by atoms with E-state index in [0.29, 0.717) is 12.1 Å². The molecule has 1 N–H and O–H groups in total. The van der Waals surface area contributed by atoms with Crippen LogP contribution < -0.4 is 10.1 Å². The number of amides is 1. The Morgan fingerprint density at radius 1 is 1.33 bits per heavy atom. The molecule has 3 rings (SSSR count). The molecular formula is C16H14BrNO3. The fourth-order valence-electron chi connectivity index (χ4n) is 2.14. The van der Waals surface area contributed by atoms with Crippen LogP contribution in [-0.2, 0) is 11.3 Å². The Balaban J connectivity index is 1.70. The van der Waals surface area contributed by atoms with Gasteiger partial charge in [-0.2, -0.15) is 0 Å². The fraction of sp³-hybridized carbons (Fsp3) is 0.188. The smallest absolute Gasteiger partial charge is 0.251 e. The van der Waals surface area contributed by atoms with Gasteiger partial charge in [0.1, 0.15) is 23.9 Å². The predicted molar refractivity (Wildman–Crippen MR) is 82.9 cm³/mol. The molecule has 0 spiro atoms. The van der Waals surface area contributed by atoms with Crippen molar-refractivity contribution < 1.29 is 13.9 Å². The number of benzene rings is 1. The lowest BCUT2D eigenvalue weighted by Crippen LogP contribution is -2.28. The summed E-state index contributed by atoms with van der Waals surface area (Å²) in [6.07, 6.45) is 1.85. The van der Waals surface area contributed by atoms with E-state index < -0.39 is 0 Å². The van der Waals surface area contributed by atoms with Crippen molar-refractivity contribution in [2.45, 2.75) is 13.5 Å². The van der Waals surface area contributed by atoms with Gasteiger partial charge in [-0.25, -0.2) is 0 Å². The highest BCUT2D eigenvalue weighted by atomic mass is 79.9. The maximum Gasteiger partial charge on any atom is 0.251 e. The summed E-state index contributed by atoms with van der Waals surface area (Å²) in [7, 11) is 0. The van der Waals surface area contributed by atoms with Gasteiger partial charge < -0.3 is 14.5 Å². The number of carbonyl (C=O) groups excluding carboxylic acids is 1. The van der Waals surface area contributed by atoms with Crippen LogP contribution in [0.4, 0.5) is 0 Å². The largest absolute Gasteiger partial charge is 0.488 e. The number of nitrogens with one attached hydrogen (secondary N) is 1. The van der Waals surface area contributed by atoms with E-state index in [2.05, 4.69) is 21.2 Å². The first-order valence-electron chi connectivity index (χ1n) is 6.58. The summed E-state index contributed by atoms with van der Waals surface area (Å²) in [6, 6.07) is 9.46. The number of hydrogen-bond donors (Lipinski definition) is 1. The summed E-state index contributed by atoms with van der Waals surface area (Å²) in [6.45, 7) is 2.52. The van der Waals surface area contributed by atoms with Gasteiger partial charge in [-0.15, -0.1) is 0 Å². The highest BCUT2D eigenvalue weighted by Crippen LogP contribution is 2.29. The lowest BCUT2D eigenvalue weighted by molar-refractivity contribution is -0.118. The molecule has 4 nitrogen and oxygen atoms in total. The molecule has 108 valence electrons. The third kappa shape index (κ3) is 3.19. The molecule has 1 aromatic heterocycles. The van der Waals surface area contributed by atoms with Crippen molar-refractivity contribution in [3.05, 3.63) is 57.5 Å². The van der Waals surface area contributed by atoms with E-state index in [1.54, 1.807) is 0 Å². The molecule has 21 heavy (non-hydrogen) atoms. The number of ether oxygens (including phenoxy) is 1. The van der Waals surface area contributed by atoms with E-state index in [9.17, 15) is 4.79 Å². The molecule has 2 heterocycles. The summed E-state index contributed by atoms with van der Waals surface area (Å²) < 4.78 is 12.0.